The normalized spacial score (nSPS) is 10.2. The van der Waals surface area contributed by atoms with Gasteiger partial charge in [0.15, 0.2) is 0 Å². The SMILES string of the molecule is COc1ccccc1N(C)C(=O)c1cccc(O)c1C. The summed E-state index contributed by atoms with van der Waals surface area (Å²) in [5.74, 6) is 0.549. The van der Waals surface area contributed by atoms with Gasteiger partial charge in [0.05, 0.1) is 12.8 Å². The molecule has 4 heteroatoms. The fourth-order valence-electron chi connectivity index (χ4n) is 2.05. The lowest BCUT2D eigenvalue weighted by Gasteiger charge is -2.21. The Morgan fingerprint density at radius 3 is 2.55 bits per heavy atom. The average Bonchev–Trinajstić information content (AvgIpc) is 2.48. The molecule has 0 bridgehead atoms. The number of ether oxygens (including phenoxy) is 1. The van der Waals surface area contributed by atoms with Crippen LogP contribution in [0.4, 0.5) is 5.69 Å². The molecule has 0 saturated heterocycles. The number of phenolic OH excluding ortho intramolecular Hbond substituents is 1. The van der Waals surface area contributed by atoms with Crippen molar-refractivity contribution in [1.29, 1.82) is 0 Å². The summed E-state index contributed by atoms with van der Waals surface area (Å²) in [7, 11) is 3.25. The highest BCUT2D eigenvalue weighted by atomic mass is 16.5. The fourth-order valence-corrected chi connectivity index (χ4v) is 2.05. The van der Waals surface area contributed by atoms with E-state index in [4.69, 9.17) is 4.74 Å². The van der Waals surface area contributed by atoms with Gasteiger partial charge < -0.3 is 14.7 Å². The Morgan fingerprint density at radius 2 is 1.85 bits per heavy atom. The van der Waals surface area contributed by atoms with Crippen LogP contribution in [0.25, 0.3) is 0 Å². The molecule has 0 heterocycles. The zero-order valence-electron chi connectivity index (χ0n) is 11.8. The molecule has 2 aromatic rings. The minimum atomic E-state index is -0.192. The van der Waals surface area contributed by atoms with E-state index in [-0.39, 0.29) is 11.7 Å². The van der Waals surface area contributed by atoms with Crippen LogP contribution in [0.3, 0.4) is 0 Å². The largest absolute Gasteiger partial charge is 0.508 e. The lowest BCUT2D eigenvalue weighted by Crippen LogP contribution is -2.27. The van der Waals surface area contributed by atoms with E-state index in [9.17, 15) is 9.90 Å². The third-order valence-electron chi connectivity index (χ3n) is 3.29. The molecular weight excluding hydrogens is 254 g/mol. The highest BCUT2D eigenvalue weighted by Crippen LogP contribution is 2.29. The molecular formula is C16H17NO3. The molecule has 2 rings (SSSR count). The van der Waals surface area contributed by atoms with Crippen LogP contribution < -0.4 is 9.64 Å². The van der Waals surface area contributed by atoms with Gasteiger partial charge in [0.1, 0.15) is 11.5 Å². The van der Waals surface area contributed by atoms with Crippen molar-refractivity contribution in [2.24, 2.45) is 0 Å². The van der Waals surface area contributed by atoms with E-state index in [1.165, 1.54) is 4.90 Å². The quantitative estimate of drug-likeness (QED) is 0.933. The molecule has 0 fully saturated rings. The van der Waals surface area contributed by atoms with E-state index < -0.39 is 0 Å². The summed E-state index contributed by atoms with van der Waals surface area (Å²) in [5.41, 5.74) is 1.72. The molecule has 0 spiro atoms. The molecule has 1 N–H and O–H groups in total. The van der Waals surface area contributed by atoms with Gasteiger partial charge in [-0.1, -0.05) is 18.2 Å². The minimum absolute atomic E-state index is 0.115. The van der Waals surface area contributed by atoms with Crippen molar-refractivity contribution in [3.05, 3.63) is 53.6 Å². The number of anilines is 1. The second-order valence-electron chi connectivity index (χ2n) is 4.49. The van der Waals surface area contributed by atoms with Crippen LogP contribution in [0.5, 0.6) is 11.5 Å². The molecule has 0 radical (unpaired) electrons. The van der Waals surface area contributed by atoms with E-state index in [2.05, 4.69) is 0 Å². The van der Waals surface area contributed by atoms with Crippen LogP contribution in [0.2, 0.25) is 0 Å². The number of hydrogen-bond donors (Lipinski definition) is 1. The number of rotatable bonds is 3. The van der Waals surface area contributed by atoms with Crippen LogP contribution in [-0.2, 0) is 0 Å². The molecule has 20 heavy (non-hydrogen) atoms. The monoisotopic (exact) mass is 271 g/mol. The predicted octanol–water partition coefficient (Wildman–Crippen LogP) is 2.99. The maximum atomic E-state index is 12.5. The van der Waals surface area contributed by atoms with Gasteiger partial charge in [-0.05, 0) is 31.2 Å². The first-order valence-corrected chi connectivity index (χ1v) is 6.26. The van der Waals surface area contributed by atoms with Gasteiger partial charge in [-0.3, -0.25) is 4.79 Å². The van der Waals surface area contributed by atoms with Crippen molar-refractivity contribution in [3.63, 3.8) is 0 Å². The predicted molar refractivity (Wildman–Crippen MR) is 78.6 cm³/mol. The van der Waals surface area contributed by atoms with Crippen LogP contribution in [-0.4, -0.2) is 25.2 Å². The number of carbonyl (C=O) groups excluding carboxylic acids is 1. The van der Waals surface area contributed by atoms with Gasteiger partial charge in [-0.2, -0.15) is 0 Å². The zero-order chi connectivity index (χ0) is 14.7. The van der Waals surface area contributed by atoms with Crippen LogP contribution >= 0.6 is 0 Å². The Bertz CT molecular complexity index is 637. The Morgan fingerprint density at radius 1 is 1.15 bits per heavy atom. The third-order valence-corrected chi connectivity index (χ3v) is 3.29. The number of methoxy groups -OCH3 is 1. The van der Waals surface area contributed by atoms with E-state index in [1.54, 1.807) is 45.3 Å². The smallest absolute Gasteiger partial charge is 0.258 e. The molecule has 104 valence electrons. The Hall–Kier alpha value is -2.49. The summed E-state index contributed by atoms with van der Waals surface area (Å²) in [4.78, 5) is 14.1. The molecule has 2 aromatic carbocycles. The summed E-state index contributed by atoms with van der Waals surface area (Å²) in [6.45, 7) is 1.72. The van der Waals surface area contributed by atoms with E-state index in [0.717, 1.165) is 0 Å². The second-order valence-corrected chi connectivity index (χ2v) is 4.49. The molecule has 0 atom stereocenters. The van der Waals surface area contributed by atoms with Crippen LogP contribution in [0, 0.1) is 6.92 Å². The van der Waals surface area contributed by atoms with Crippen molar-refractivity contribution < 1.29 is 14.6 Å². The Balaban J connectivity index is 2.40. The van der Waals surface area contributed by atoms with Gasteiger partial charge in [0.2, 0.25) is 0 Å². The number of carbonyl (C=O) groups is 1. The van der Waals surface area contributed by atoms with Gasteiger partial charge in [0, 0.05) is 18.2 Å². The van der Waals surface area contributed by atoms with Crippen LogP contribution in [0.1, 0.15) is 15.9 Å². The number of amides is 1. The molecule has 1 amide bonds. The third kappa shape index (κ3) is 2.45. The van der Waals surface area contributed by atoms with Crippen LogP contribution in [0.15, 0.2) is 42.5 Å². The number of nitrogens with zero attached hydrogens (tertiary/aromatic N) is 1. The second kappa shape index (κ2) is 5.65. The van der Waals surface area contributed by atoms with Crippen molar-refractivity contribution >= 4 is 11.6 Å². The highest BCUT2D eigenvalue weighted by molar-refractivity contribution is 6.07. The van der Waals surface area contributed by atoms with Gasteiger partial charge in [0.25, 0.3) is 5.91 Å². The number of aromatic hydroxyl groups is 1. The summed E-state index contributed by atoms with van der Waals surface area (Å²) >= 11 is 0. The number of para-hydroxylation sites is 2. The summed E-state index contributed by atoms with van der Waals surface area (Å²) in [6.07, 6.45) is 0. The van der Waals surface area contributed by atoms with E-state index in [0.29, 0.717) is 22.6 Å². The van der Waals surface area contributed by atoms with Crippen molar-refractivity contribution in [2.75, 3.05) is 19.1 Å². The number of benzene rings is 2. The lowest BCUT2D eigenvalue weighted by molar-refractivity contribution is 0.0991. The molecule has 0 unspecified atom stereocenters. The maximum absolute atomic E-state index is 12.5. The summed E-state index contributed by atoms with van der Waals surface area (Å²) in [6, 6.07) is 12.2. The van der Waals surface area contributed by atoms with Crippen molar-refractivity contribution in [3.8, 4) is 11.5 Å². The summed E-state index contributed by atoms with van der Waals surface area (Å²) < 4.78 is 5.26. The molecule has 0 aliphatic carbocycles. The molecule has 0 aliphatic rings. The van der Waals surface area contributed by atoms with Crippen molar-refractivity contribution in [1.82, 2.24) is 0 Å². The number of phenols is 1. The number of hydrogen-bond acceptors (Lipinski definition) is 3. The first-order chi connectivity index (χ1) is 9.56. The summed E-state index contributed by atoms with van der Waals surface area (Å²) in [5, 5.41) is 9.71. The molecule has 0 aliphatic heterocycles. The lowest BCUT2D eigenvalue weighted by atomic mass is 10.1. The highest BCUT2D eigenvalue weighted by Gasteiger charge is 2.19. The first-order valence-electron chi connectivity index (χ1n) is 6.26. The van der Waals surface area contributed by atoms with Crippen molar-refractivity contribution in [2.45, 2.75) is 6.92 Å². The van der Waals surface area contributed by atoms with E-state index >= 15 is 0 Å². The Labute approximate surface area is 118 Å². The van der Waals surface area contributed by atoms with Gasteiger partial charge >= 0.3 is 0 Å². The maximum Gasteiger partial charge on any atom is 0.258 e. The standard InChI is InChI=1S/C16H17NO3/c1-11-12(7-6-9-14(11)18)16(19)17(2)13-8-4-5-10-15(13)20-3/h4-10,18H,1-3H3. The molecule has 0 aromatic heterocycles. The molecule has 4 nitrogen and oxygen atoms in total. The molecule has 0 saturated carbocycles. The minimum Gasteiger partial charge on any atom is -0.508 e. The average molecular weight is 271 g/mol. The van der Waals surface area contributed by atoms with E-state index in [1.807, 2.05) is 18.2 Å². The fraction of sp³-hybridized carbons (Fsp3) is 0.188. The Kier molecular flexibility index (Phi) is 3.94. The topological polar surface area (TPSA) is 49.8 Å². The zero-order valence-corrected chi connectivity index (χ0v) is 11.8. The van der Waals surface area contributed by atoms with Gasteiger partial charge in [-0.15, -0.1) is 0 Å². The first kappa shape index (κ1) is 13.9. The van der Waals surface area contributed by atoms with Gasteiger partial charge in [-0.25, -0.2) is 0 Å².